The number of nitrogens with one attached hydrogen (secondary N) is 1. The number of rotatable bonds is 5. The molecule has 4 aromatic rings. The Morgan fingerprint density at radius 2 is 1.40 bits per heavy atom. The molecule has 0 spiro atoms. The normalized spacial score (nSPS) is 12.1. The Labute approximate surface area is 182 Å². The van der Waals surface area contributed by atoms with Gasteiger partial charge in [0, 0.05) is 27.2 Å². The number of fused-ring (bicyclic) bond motifs is 2. The minimum absolute atomic E-state index is 0.0839. The lowest BCUT2D eigenvalue weighted by Gasteiger charge is -2.18. The third kappa shape index (κ3) is 3.82. The maximum atomic E-state index is 13.3. The number of hydrogen-bond acceptors (Lipinski definition) is 3. The van der Waals surface area contributed by atoms with Crippen molar-refractivity contribution in [1.29, 1.82) is 0 Å². The highest BCUT2D eigenvalue weighted by molar-refractivity contribution is 6.36. The van der Waals surface area contributed by atoms with Gasteiger partial charge >= 0.3 is 0 Å². The molecule has 0 unspecified atom stereocenters. The predicted molar refractivity (Wildman–Crippen MR) is 120 cm³/mol. The Morgan fingerprint density at radius 1 is 0.867 bits per heavy atom. The highest BCUT2D eigenvalue weighted by Gasteiger charge is 2.24. The van der Waals surface area contributed by atoms with Gasteiger partial charge in [0.1, 0.15) is 6.04 Å². The number of carbonyl (C=O) groups is 2. The van der Waals surface area contributed by atoms with E-state index in [-0.39, 0.29) is 6.42 Å². The van der Waals surface area contributed by atoms with Crippen molar-refractivity contribution in [2.45, 2.75) is 12.5 Å². The Morgan fingerprint density at radius 3 is 1.93 bits per heavy atom. The SMILES string of the molecule is NC(=O)[C@@H](Cc1c(Cl)cccc1Cl)NC(=O)c1c2ccccc2nc2ccccc12. The van der Waals surface area contributed by atoms with Crippen molar-refractivity contribution < 1.29 is 9.59 Å². The van der Waals surface area contributed by atoms with Crippen LogP contribution in [0.3, 0.4) is 0 Å². The number of hydrogen-bond donors (Lipinski definition) is 2. The molecule has 0 aliphatic rings. The van der Waals surface area contributed by atoms with Crippen LogP contribution in [0, 0.1) is 0 Å². The number of primary amides is 1. The Balaban J connectivity index is 1.76. The van der Waals surface area contributed by atoms with Gasteiger partial charge in [-0.05, 0) is 29.8 Å². The van der Waals surface area contributed by atoms with Gasteiger partial charge in [0.2, 0.25) is 5.91 Å². The van der Waals surface area contributed by atoms with E-state index in [9.17, 15) is 9.59 Å². The molecule has 30 heavy (non-hydrogen) atoms. The monoisotopic (exact) mass is 437 g/mol. The van der Waals surface area contributed by atoms with Crippen LogP contribution in [0.15, 0.2) is 66.7 Å². The molecule has 2 amide bonds. The largest absolute Gasteiger partial charge is 0.368 e. The zero-order chi connectivity index (χ0) is 21.3. The molecule has 1 heterocycles. The first kappa shape index (κ1) is 20.1. The molecule has 4 rings (SSSR count). The Hall–Kier alpha value is -3.15. The molecule has 0 aliphatic heterocycles. The van der Waals surface area contributed by atoms with Gasteiger partial charge in [-0.15, -0.1) is 0 Å². The molecule has 7 heteroatoms. The van der Waals surface area contributed by atoms with Crippen molar-refractivity contribution >= 4 is 56.8 Å². The minimum Gasteiger partial charge on any atom is -0.368 e. The summed E-state index contributed by atoms with van der Waals surface area (Å²) in [5.41, 5.74) is 7.94. The number of para-hydroxylation sites is 2. The first-order chi connectivity index (χ1) is 14.5. The second-order valence-electron chi connectivity index (χ2n) is 6.85. The number of nitrogens with two attached hydrogens (primary N) is 1. The smallest absolute Gasteiger partial charge is 0.253 e. The number of nitrogens with zero attached hydrogens (tertiary/aromatic N) is 1. The van der Waals surface area contributed by atoms with Gasteiger partial charge in [0.25, 0.3) is 5.91 Å². The van der Waals surface area contributed by atoms with Crippen molar-refractivity contribution in [2.24, 2.45) is 5.73 Å². The van der Waals surface area contributed by atoms with Gasteiger partial charge in [-0.25, -0.2) is 4.98 Å². The first-order valence-electron chi connectivity index (χ1n) is 9.26. The molecule has 0 saturated heterocycles. The first-order valence-corrected chi connectivity index (χ1v) is 10.0. The number of pyridine rings is 1. The highest BCUT2D eigenvalue weighted by Crippen LogP contribution is 2.28. The van der Waals surface area contributed by atoms with E-state index < -0.39 is 17.9 Å². The third-order valence-electron chi connectivity index (χ3n) is 4.93. The lowest BCUT2D eigenvalue weighted by molar-refractivity contribution is -0.119. The molecular weight excluding hydrogens is 421 g/mol. The third-order valence-corrected chi connectivity index (χ3v) is 5.64. The van der Waals surface area contributed by atoms with Crippen LogP contribution >= 0.6 is 23.2 Å². The van der Waals surface area contributed by atoms with Gasteiger partial charge in [0.15, 0.2) is 0 Å². The van der Waals surface area contributed by atoms with E-state index >= 15 is 0 Å². The summed E-state index contributed by atoms with van der Waals surface area (Å²) in [7, 11) is 0. The van der Waals surface area contributed by atoms with E-state index in [1.807, 2.05) is 48.5 Å². The van der Waals surface area contributed by atoms with E-state index in [0.717, 1.165) is 0 Å². The van der Waals surface area contributed by atoms with Crippen molar-refractivity contribution in [2.75, 3.05) is 0 Å². The molecule has 150 valence electrons. The second kappa shape index (κ2) is 8.30. The molecule has 0 aliphatic carbocycles. The summed E-state index contributed by atoms with van der Waals surface area (Å²) < 4.78 is 0. The average molecular weight is 438 g/mol. The molecule has 5 nitrogen and oxygen atoms in total. The van der Waals surface area contributed by atoms with E-state index in [4.69, 9.17) is 28.9 Å². The molecule has 0 saturated carbocycles. The molecule has 3 aromatic carbocycles. The highest BCUT2D eigenvalue weighted by atomic mass is 35.5. The zero-order valence-electron chi connectivity index (χ0n) is 15.7. The maximum absolute atomic E-state index is 13.3. The molecule has 1 aromatic heterocycles. The van der Waals surface area contributed by atoms with Crippen LogP contribution in [0.4, 0.5) is 0 Å². The van der Waals surface area contributed by atoms with Crippen LogP contribution in [0.25, 0.3) is 21.8 Å². The van der Waals surface area contributed by atoms with Crippen LogP contribution in [-0.2, 0) is 11.2 Å². The summed E-state index contributed by atoms with van der Waals surface area (Å²) in [4.78, 5) is 30.1. The number of carbonyl (C=O) groups excluding carboxylic acids is 2. The number of benzene rings is 3. The lowest BCUT2D eigenvalue weighted by Crippen LogP contribution is -2.46. The Kier molecular flexibility index (Phi) is 5.57. The standard InChI is InChI=1S/C23H17Cl2N3O2/c24-16-8-5-9-17(25)15(16)12-20(22(26)29)28-23(30)21-13-6-1-3-10-18(13)27-19-11-4-2-7-14(19)21/h1-11,20H,12H2,(H2,26,29)(H,28,30)/t20-/m1/s1. The van der Waals surface area contributed by atoms with E-state index in [1.54, 1.807) is 18.2 Å². The summed E-state index contributed by atoms with van der Waals surface area (Å²) in [5, 5.41) is 4.95. The van der Waals surface area contributed by atoms with E-state index in [2.05, 4.69) is 10.3 Å². The van der Waals surface area contributed by atoms with Crippen LogP contribution in [0.5, 0.6) is 0 Å². The van der Waals surface area contributed by atoms with Crippen LogP contribution in [0.1, 0.15) is 15.9 Å². The number of aromatic nitrogens is 1. The van der Waals surface area contributed by atoms with Crippen molar-refractivity contribution in [3.8, 4) is 0 Å². The topological polar surface area (TPSA) is 85.1 Å². The van der Waals surface area contributed by atoms with Crippen LogP contribution < -0.4 is 11.1 Å². The van der Waals surface area contributed by atoms with E-state index in [0.29, 0.717) is 43.0 Å². The number of amides is 2. The predicted octanol–water partition coefficient (Wildman–Crippen LogP) is 4.52. The summed E-state index contributed by atoms with van der Waals surface area (Å²) >= 11 is 12.5. The van der Waals surface area contributed by atoms with Gasteiger partial charge in [0.05, 0.1) is 16.6 Å². The van der Waals surface area contributed by atoms with Gasteiger partial charge in [-0.3, -0.25) is 9.59 Å². The summed E-state index contributed by atoms with van der Waals surface area (Å²) in [6.07, 6.45) is 0.0839. The van der Waals surface area contributed by atoms with Gasteiger partial charge < -0.3 is 11.1 Å². The van der Waals surface area contributed by atoms with Gasteiger partial charge in [-0.2, -0.15) is 0 Å². The molecule has 3 N–H and O–H groups in total. The fourth-order valence-electron chi connectivity index (χ4n) is 3.47. The van der Waals surface area contributed by atoms with Crippen LogP contribution in [0.2, 0.25) is 10.0 Å². The van der Waals surface area contributed by atoms with Gasteiger partial charge in [-0.1, -0.05) is 65.7 Å². The van der Waals surface area contributed by atoms with Crippen molar-refractivity contribution in [3.63, 3.8) is 0 Å². The molecule has 0 radical (unpaired) electrons. The molecular formula is C23H17Cl2N3O2. The quantitative estimate of drug-likeness (QED) is 0.450. The fraction of sp³-hybridized carbons (Fsp3) is 0.0870. The second-order valence-corrected chi connectivity index (χ2v) is 7.67. The summed E-state index contributed by atoms with van der Waals surface area (Å²) in [5.74, 6) is -1.10. The van der Waals surface area contributed by atoms with E-state index in [1.165, 1.54) is 0 Å². The summed E-state index contributed by atoms with van der Waals surface area (Å²) in [6.45, 7) is 0. The summed E-state index contributed by atoms with van der Waals surface area (Å²) in [6, 6.07) is 18.8. The van der Waals surface area contributed by atoms with Crippen molar-refractivity contribution in [1.82, 2.24) is 10.3 Å². The maximum Gasteiger partial charge on any atom is 0.253 e. The lowest BCUT2D eigenvalue weighted by atomic mass is 10.0. The minimum atomic E-state index is -0.986. The number of halogens is 2. The Bertz CT molecular complexity index is 1220. The zero-order valence-corrected chi connectivity index (χ0v) is 17.2. The molecule has 1 atom stereocenters. The fourth-order valence-corrected chi connectivity index (χ4v) is 4.02. The average Bonchev–Trinajstić information content (AvgIpc) is 2.73. The van der Waals surface area contributed by atoms with Crippen LogP contribution in [-0.4, -0.2) is 22.8 Å². The molecule has 0 bridgehead atoms. The van der Waals surface area contributed by atoms with Crippen molar-refractivity contribution in [3.05, 3.63) is 87.9 Å². The molecule has 0 fully saturated rings.